The van der Waals surface area contributed by atoms with Crippen LogP contribution in [-0.4, -0.2) is 23.9 Å². The number of hydrogen-bond acceptors (Lipinski definition) is 3. The van der Waals surface area contributed by atoms with Crippen molar-refractivity contribution in [3.63, 3.8) is 0 Å². The molecule has 0 aliphatic rings. The average Bonchev–Trinajstić information content (AvgIpc) is 2.27. The van der Waals surface area contributed by atoms with Gasteiger partial charge < -0.3 is 15.2 Å². The average molecular weight is 223 g/mol. The Balaban J connectivity index is 2.45. The van der Waals surface area contributed by atoms with Gasteiger partial charge in [-0.2, -0.15) is 0 Å². The monoisotopic (exact) mass is 223 g/mol. The highest BCUT2D eigenvalue weighted by atomic mass is 16.5. The Morgan fingerprint density at radius 3 is 2.31 bits per heavy atom. The second-order valence-corrected chi connectivity index (χ2v) is 4.28. The molecule has 1 aromatic carbocycles. The molecule has 16 heavy (non-hydrogen) atoms. The first-order chi connectivity index (χ1) is 7.61. The van der Waals surface area contributed by atoms with Crippen LogP contribution >= 0.6 is 0 Å². The summed E-state index contributed by atoms with van der Waals surface area (Å²) >= 11 is 0. The summed E-state index contributed by atoms with van der Waals surface area (Å²) in [5, 5.41) is 12.1. The molecule has 0 aliphatic heterocycles. The van der Waals surface area contributed by atoms with Crippen molar-refractivity contribution >= 4 is 0 Å². The third-order valence-electron chi connectivity index (χ3n) is 2.22. The highest BCUT2D eigenvalue weighted by Crippen LogP contribution is 2.13. The van der Waals surface area contributed by atoms with Crippen molar-refractivity contribution < 1.29 is 9.84 Å². The number of hydrogen-bond donors (Lipinski definition) is 2. The van der Waals surface area contributed by atoms with Crippen molar-refractivity contribution in [2.75, 3.05) is 6.61 Å². The molecule has 0 unspecified atom stereocenters. The van der Waals surface area contributed by atoms with Crippen molar-refractivity contribution in [2.45, 2.75) is 39.5 Å². The lowest BCUT2D eigenvalue weighted by Gasteiger charge is -2.12. The molecule has 1 atom stereocenters. The van der Waals surface area contributed by atoms with Gasteiger partial charge >= 0.3 is 0 Å². The zero-order valence-corrected chi connectivity index (χ0v) is 10.2. The van der Waals surface area contributed by atoms with Gasteiger partial charge in [0.1, 0.15) is 5.75 Å². The van der Waals surface area contributed by atoms with Gasteiger partial charge in [0, 0.05) is 12.6 Å². The quantitative estimate of drug-likeness (QED) is 0.774. The number of aliphatic hydroxyl groups is 1. The van der Waals surface area contributed by atoms with Gasteiger partial charge in [-0.25, -0.2) is 0 Å². The van der Waals surface area contributed by atoms with E-state index in [1.807, 2.05) is 45.0 Å². The smallest absolute Gasteiger partial charge is 0.119 e. The van der Waals surface area contributed by atoms with Crippen LogP contribution in [0.5, 0.6) is 5.75 Å². The lowest BCUT2D eigenvalue weighted by atomic mass is 10.2. The van der Waals surface area contributed by atoms with Gasteiger partial charge in [-0.3, -0.25) is 0 Å². The van der Waals surface area contributed by atoms with Crippen LogP contribution in [-0.2, 0) is 6.54 Å². The molecule has 1 rings (SSSR count). The maximum atomic E-state index is 8.87. The molecule has 90 valence electrons. The van der Waals surface area contributed by atoms with E-state index in [1.165, 1.54) is 5.56 Å². The van der Waals surface area contributed by atoms with Gasteiger partial charge in [-0.1, -0.05) is 12.1 Å². The summed E-state index contributed by atoms with van der Waals surface area (Å²) < 4.78 is 5.56. The highest BCUT2D eigenvalue weighted by molar-refractivity contribution is 5.27. The maximum Gasteiger partial charge on any atom is 0.119 e. The van der Waals surface area contributed by atoms with E-state index in [1.54, 1.807) is 0 Å². The Labute approximate surface area is 97.4 Å². The Morgan fingerprint density at radius 2 is 1.81 bits per heavy atom. The molecule has 0 saturated heterocycles. The SMILES string of the molecule is CC(C)Oc1ccc(CN[C@H](C)CO)cc1. The maximum absolute atomic E-state index is 8.87. The first-order valence-corrected chi connectivity index (χ1v) is 5.71. The van der Waals surface area contributed by atoms with Gasteiger partial charge in [0.15, 0.2) is 0 Å². The van der Waals surface area contributed by atoms with Crippen molar-refractivity contribution in [3.05, 3.63) is 29.8 Å². The number of benzene rings is 1. The van der Waals surface area contributed by atoms with Crippen LogP contribution in [0.3, 0.4) is 0 Å². The standard InChI is InChI=1S/C13H21NO2/c1-10(2)16-13-6-4-12(5-7-13)8-14-11(3)9-15/h4-7,10-11,14-15H,8-9H2,1-3H3/t11-/m1/s1. The molecule has 0 aliphatic carbocycles. The van der Waals surface area contributed by atoms with Gasteiger partial charge in [-0.15, -0.1) is 0 Å². The molecule has 0 amide bonds. The van der Waals surface area contributed by atoms with Crippen LogP contribution in [0, 0.1) is 0 Å². The summed E-state index contributed by atoms with van der Waals surface area (Å²) in [6, 6.07) is 8.15. The predicted octanol–water partition coefficient (Wildman–Crippen LogP) is 1.94. The van der Waals surface area contributed by atoms with Crippen LogP contribution in [0.2, 0.25) is 0 Å². The summed E-state index contributed by atoms with van der Waals surface area (Å²) in [5.74, 6) is 0.897. The number of rotatable bonds is 6. The van der Waals surface area contributed by atoms with Crippen LogP contribution < -0.4 is 10.1 Å². The van der Waals surface area contributed by atoms with Crippen LogP contribution in [0.25, 0.3) is 0 Å². The van der Waals surface area contributed by atoms with Crippen molar-refractivity contribution in [2.24, 2.45) is 0 Å². The van der Waals surface area contributed by atoms with Crippen molar-refractivity contribution in [1.29, 1.82) is 0 Å². The summed E-state index contributed by atoms with van der Waals surface area (Å²) in [6.45, 7) is 6.91. The third-order valence-corrected chi connectivity index (χ3v) is 2.22. The molecule has 0 heterocycles. The van der Waals surface area contributed by atoms with Gasteiger partial charge in [0.05, 0.1) is 12.7 Å². The van der Waals surface area contributed by atoms with E-state index >= 15 is 0 Å². The summed E-state index contributed by atoms with van der Waals surface area (Å²) in [6.07, 6.45) is 0.207. The molecule has 0 fully saturated rings. The molecule has 2 N–H and O–H groups in total. The van der Waals surface area contributed by atoms with E-state index in [2.05, 4.69) is 5.32 Å². The highest BCUT2D eigenvalue weighted by Gasteiger charge is 2.00. The fourth-order valence-electron chi connectivity index (χ4n) is 1.31. The molecule has 0 spiro atoms. The van der Waals surface area contributed by atoms with Crippen molar-refractivity contribution in [3.8, 4) is 5.75 Å². The summed E-state index contributed by atoms with van der Waals surface area (Å²) in [4.78, 5) is 0. The normalized spacial score (nSPS) is 12.8. The molecular weight excluding hydrogens is 202 g/mol. The van der Waals surface area contributed by atoms with Gasteiger partial charge in [0.2, 0.25) is 0 Å². The molecular formula is C13H21NO2. The number of aliphatic hydroxyl groups excluding tert-OH is 1. The van der Waals surface area contributed by atoms with Gasteiger partial charge in [0.25, 0.3) is 0 Å². The van der Waals surface area contributed by atoms with Gasteiger partial charge in [-0.05, 0) is 38.5 Å². The third kappa shape index (κ3) is 4.64. The lowest BCUT2D eigenvalue weighted by Crippen LogP contribution is -2.28. The van der Waals surface area contributed by atoms with Crippen LogP contribution in [0.15, 0.2) is 24.3 Å². The number of nitrogens with one attached hydrogen (secondary N) is 1. The fourth-order valence-corrected chi connectivity index (χ4v) is 1.31. The molecule has 0 bridgehead atoms. The molecule has 0 saturated carbocycles. The molecule has 3 heteroatoms. The largest absolute Gasteiger partial charge is 0.491 e. The predicted molar refractivity (Wildman–Crippen MR) is 65.6 cm³/mol. The molecule has 3 nitrogen and oxygen atoms in total. The van der Waals surface area contributed by atoms with E-state index in [9.17, 15) is 0 Å². The fraction of sp³-hybridized carbons (Fsp3) is 0.538. The van der Waals surface area contributed by atoms with E-state index in [4.69, 9.17) is 9.84 Å². The first-order valence-electron chi connectivity index (χ1n) is 5.71. The number of ether oxygens (including phenoxy) is 1. The minimum Gasteiger partial charge on any atom is -0.491 e. The topological polar surface area (TPSA) is 41.5 Å². The lowest BCUT2D eigenvalue weighted by molar-refractivity contribution is 0.242. The summed E-state index contributed by atoms with van der Waals surface area (Å²) in [5.41, 5.74) is 1.19. The zero-order chi connectivity index (χ0) is 12.0. The summed E-state index contributed by atoms with van der Waals surface area (Å²) in [7, 11) is 0. The van der Waals surface area contributed by atoms with E-state index in [-0.39, 0.29) is 18.8 Å². The zero-order valence-electron chi connectivity index (χ0n) is 10.2. The Bertz CT molecular complexity index is 295. The first kappa shape index (κ1) is 13.0. The van der Waals surface area contributed by atoms with Crippen LogP contribution in [0.4, 0.5) is 0 Å². The second-order valence-electron chi connectivity index (χ2n) is 4.28. The second kappa shape index (κ2) is 6.51. The Kier molecular flexibility index (Phi) is 5.29. The van der Waals surface area contributed by atoms with Crippen molar-refractivity contribution in [1.82, 2.24) is 5.32 Å². The molecule has 0 aromatic heterocycles. The van der Waals surface area contributed by atoms with Crippen LogP contribution in [0.1, 0.15) is 26.3 Å². The Morgan fingerprint density at radius 1 is 1.19 bits per heavy atom. The minimum atomic E-state index is 0.131. The van der Waals surface area contributed by atoms with E-state index in [0.717, 1.165) is 12.3 Å². The minimum absolute atomic E-state index is 0.131. The Hall–Kier alpha value is -1.06. The van der Waals surface area contributed by atoms with E-state index in [0.29, 0.717) is 0 Å². The van der Waals surface area contributed by atoms with E-state index < -0.39 is 0 Å². The molecule has 0 radical (unpaired) electrons. The molecule has 1 aromatic rings.